The minimum atomic E-state index is -0.524. The molecule has 2 aromatic rings. The van der Waals surface area contributed by atoms with Crippen molar-refractivity contribution >= 4 is 46.5 Å². The molecule has 30 heavy (non-hydrogen) atoms. The summed E-state index contributed by atoms with van der Waals surface area (Å²) in [4.78, 5) is 28.2. The third-order valence-corrected chi connectivity index (χ3v) is 4.72. The Labute approximate surface area is 187 Å². The maximum atomic E-state index is 12.2. The number of hydrogen-bond donors (Lipinski definition) is 0. The smallest absolute Gasteiger partial charge is 0.363 e. The highest BCUT2D eigenvalue weighted by Gasteiger charge is 2.24. The second-order valence-electron chi connectivity index (χ2n) is 6.06. The molecule has 3 rings (SSSR count). The van der Waals surface area contributed by atoms with Gasteiger partial charge in [0.05, 0.1) is 16.8 Å². The van der Waals surface area contributed by atoms with Crippen LogP contribution in [0.3, 0.4) is 0 Å². The quantitative estimate of drug-likeness (QED) is 0.297. The lowest BCUT2D eigenvalue weighted by molar-refractivity contribution is -0.145. The van der Waals surface area contributed by atoms with Crippen LogP contribution in [0.2, 0.25) is 0 Å². The zero-order valence-corrected chi connectivity index (χ0v) is 18.7. The molecule has 0 spiro atoms. The van der Waals surface area contributed by atoms with E-state index in [-0.39, 0.29) is 24.8 Å². The maximum absolute atomic E-state index is 12.2. The number of esters is 2. The Morgan fingerprint density at radius 2 is 1.90 bits per heavy atom. The van der Waals surface area contributed by atoms with Crippen LogP contribution in [0.5, 0.6) is 11.5 Å². The Kier molecular flexibility index (Phi) is 7.45. The highest BCUT2D eigenvalue weighted by molar-refractivity contribution is 14.1. The highest BCUT2D eigenvalue weighted by atomic mass is 127. The molecular weight excluding hydrogens is 501 g/mol. The summed E-state index contributed by atoms with van der Waals surface area (Å²) in [6.45, 7) is 4.05. The number of nitrogens with zero attached hydrogens (tertiary/aromatic N) is 1. The summed E-state index contributed by atoms with van der Waals surface area (Å²) in [7, 11) is 0. The van der Waals surface area contributed by atoms with Crippen molar-refractivity contribution in [3.63, 3.8) is 0 Å². The monoisotopic (exact) mass is 521 g/mol. The van der Waals surface area contributed by atoms with E-state index in [1.54, 1.807) is 25.1 Å². The van der Waals surface area contributed by atoms with Crippen molar-refractivity contribution in [2.75, 3.05) is 19.8 Å². The van der Waals surface area contributed by atoms with Gasteiger partial charge in [0.2, 0.25) is 5.90 Å². The van der Waals surface area contributed by atoms with Crippen molar-refractivity contribution in [1.82, 2.24) is 0 Å². The number of rotatable bonds is 8. The average Bonchev–Trinajstić information content (AvgIpc) is 3.09. The second kappa shape index (κ2) is 10.2. The fourth-order valence-electron chi connectivity index (χ4n) is 2.68. The molecule has 0 aromatic heterocycles. The molecular formula is C22H20INO6. The van der Waals surface area contributed by atoms with E-state index in [9.17, 15) is 9.59 Å². The third-order valence-electron chi connectivity index (χ3n) is 3.92. The number of carbonyl (C=O) groups excluding carboxylic acids is 2. The van der Waals surface area contributed by atoms with Crippen LogP contribution < -0.4 is 9.47 Å². The molecule has 0 amide bonds. The molecule has 156 valence electrons. The molecule has 0 fully saturated rings. The molecule has 2 aromatic carbocycles. The zero-order chi connectivity index (χ0) is 21.5. The van der Waals surface area contributed by atoms with Crippen molar-refractivity contribution in [3.8, 4) is 11.5 Å². The molecule has 8 heteroatoms. The lowest BCUT2D eigenvalue weighted by Crippen LogP contribution is -2.15. The Morgan fingerprint density at radius 1 is 1.13 bits per heavy atom. The number of carbonyl (C=O) groups is 2. The first kappa shape index (κ1) is 21.8. The Bertz CT molecular complexity index is 1000. The number of aliphatic imine (C=N–C) groups is 1. The van der Waals surface area contributed by atoms with Gasteiger partial charge in [0, 0.05) is 5.56 Å². The van der Waals surface area contributed by atoms with Crippen LogP contribution in [-0.4, -0.2) is 37.7 Å². The number of halogens is 1. The van der Waals surface area contributed by atoms with Crippen LogP contribution in [0.1, 0.15) is 25.0 Å². The Hall–Kier alpha value is -2.88. The molecule has 0 unspecified atom stereocenters. The van der Waals surface area contributed by atoms with Crippen molar-refractivity contribution in [3.05, 3.63) is 62.9 Å². The first-order valence-electron chi connectivity index (χ1n) is 9.34. The summed E-state index contributed by atoms with van der Waals surface area (Å²) < 4.78 is 22.2. The number of hydrogen-bond acceptors (Lipinski definition) is 7. The third kappa shape index (κ3) is 5.38. The summed E-state index contributed by atoms with van der Waals surface area (Å²) in [6.07, 6.45) is 1.62. The van der Waals surface area contributed by atoms with Crippen LogP contribution in [0.15, 0.2) is 53.2 Å². The van der Waals surface area contributed by atoms with Gasteiger partial charge in [-0.25, -0.2) is 14.6 Å². The van der Waals surface area contributed by atoms with Crippen molar-refractivity contribution < 1.29 is 28.5 Å². The van der Waals surface area contributed by atoms with Crippen LogP contribution >= 0.6 is 22.6 Å². The van der Waals surface area contributed by atoms with Crippen LogP contribution in [-0.2, 0) is 19.1 Å². The summed E-state index contributed by atoms with van der Waals surface area (Å²) in [5.74, 6) is 0.179. The average molecular weight is 521 g/mol. The molecule has 1 aliphatic rings. The van der Waals surface area contributed by atoms with Gasteiger partial charge in [0.1, 0.15) is 0 Å². The standard InChI is InChI=1S/C22H20INO6/c1-3-27-18-12-14(10-16(23)20(18)29-13-19(25)28-4-2)11-17-22(26)30-21(24-17)15-8-6-5-7-9-15/h5-12H,3-4,13H2,1-2H3/b17-11-. The topological polar surface area (TPSA) is 83.4 Å². The van der Waals surface area contributed by atoms with E-state index in [0.29, 0.717) is 27.2 Å². The van der Waals surface area contributed by atoms with E-state index in [1.807, 2.05) is 37.3 Å². The largest absolute Gasteiger partial charge is 0.490 e. The molecule has 0 bridgehead atoms. The van der Waals surface area contributed by atoms with Crippen LogP contribution in [0, 0.1) is 3.57 Å². The molecule has 0 radical (unpaired) electrons. The van der Waals surface area contributed by atoms with E-state index < -0.39 is 11.9 Å². The van der Waals surface area contributed by atoms with E-state index in [2.05, 4.69) is 27.6 Å². The molecule has 1 heterocycles. The van der Waals surface area contributed by atoms with Gasteiger partial charge >= 0.3 is 11.9 Å². The van der Waals surface area contributed by atoms with E-state index in [0.717, 1.165) is 5.56 Å². The molecule has 0 saturated heterocycles. The fourth-order valence-corrected chi connectivity index (χ4v) is 3.46. The van der Waals surface area contributed by atoms with E-state index in [1.165, 1.54) is 0 Å². The van der Waals surface area contributed by atoms with Crippen LogP contribution in [0.4, 0.5) is 0 Å². The normalized spacial score (nSPS) is 14.3. The van der Waals surface area contributed by atoms with Crippen molar-refractivity contribution in [1.29, 1.82) is 0 Å². The van der Waals surface area contributed by atoms with Gasteiger partial charge in [0.15, 0.2) is 23.8 Å². The lowest BCUT2D eigenvalue weighted by atomic mass is 10.1. The number of cyclic esters (lactones) is 1. The number of benzene rings is 2. The Morgan fingerprint density at radius 3 is 2.60 bits per heavy atom. The van der Waals surface area contributed by atoms with Crippen molar-refractivity contribution in [2.24, 2.45) is 4.99 Å². The maximum Gasteiger partial charge on any atom is 0.363 e. The summed E-state index contributed by atoms with van der Waals surface area (Å²) in [6, 6.07) is 12.7. The minimum Gasteiger partial charge on any atom is -0.490 e. The Balaban J connectivity index is 1.88. The predicted octanol–water partition coefficient (Wildman–Crippen LogP) is 3.98. The summed E-state index contributed by atoms with van der Waals surface area (Å²) in [5.41, 5.74) is 1.60. The van der Waals surface area contributed by atoms with Gasteiger partial charge in [-0.05, 0) is 72.3 Å². The summed E-state index contributed by atoms with van der Waals surface area (Å²) >= 11 is 2.09. The van der Waals surface area contributed by atoms with E-state index >= 15 is 0 Å². The molecule has 0 N–H and O–H groups in total. The molecule has 0 saturated carbocycles. The molecule has 0 aliphatic carbocycles. The molecule has 7 nitrogen and oxygen atoms in total. The molecule has 1 aliphatic heterocycles. The van der Waals surface area contributed by atoms with Gasteiger partial charge < -0.3 is 18.9 Å². The van der Waals surface area contributed by atoms with Gasteiger partial charge in [-0.1, -0.05) is 18.2 Å². The molecule has 0 atom stereocenters. The predicted molar refractivity (Wildman–Crippen MR) is 120 cm³/mol. The summed E-state index contributed by atoms with van der Waals surface area (Å²) in [5, 5.41) is 0. The highest BCUT2D eigenvalue weighted by Crippen LogP contribution is 2.35. The minimum absolute atomic E-state index is 0.187. The van der Waals surface area contributed by atoms with Crippen molar-refractivity contribution in [2.45, 2.75) is 13.8 Å². The van der Waals surface area contributed by atoms with E-state index in [4.69, 9.17) is 18.9 Å². The first-order chi connectivity index (χ1) is 14.5. The lowest BCUT2D eigenvalue weighted by Gasteiger charge is -2.14. The zero-order valence-electron chi connectivity index (χ0n) is 16.5. The first-order valence-corrected chi connectivity index (χ1v) is 10.4. The fraction of sp³-hybridized carbons (Fsp3) is 0.227. The van der Waals surface area contributed by atoms with Gasteiger partial charge in [-0.2, -0.15) is 0 Å². The number of ether oxygens (including phenoxy) is 4. The second-order valence-corrected chi connectivity index (χ2v) is 7.22. The van der Waals surface area contributed by atoms with Crippen LogP contribution in [0.25, 0.3) is 6.08 Å². The van der Waals surface area contributed by atoms with Gasteiger partial charge in [-0.3, -0.25) is 0 Å². The SMILES string of the molecule is CCOC(=O)COc1c(I)cc(/C=C2\N=C(c3ccccc3)OC2=O)cc1OCC. The van der Waals surface area contributed by atoms with Gasteiger partial charge in [-0.15, -0.1) is 0 Å². The van der Waals surface area contributed by atoms with Gasteiger partial charge in [0.25, 0.3) is 0 Å².